The van der Waals surface area contributed by atoms with Crippen molar-refractivity contribution < 1.29 is 18.0 Å². The van der Waals surface area contributed by atoms with Crippen LogP contribution in [0.2, 0.25) is 0 Å². The number of rotatable bonds is 3. The van der Waals surface area contributed by atoms with Crippen LogP contribution in [0.1, 0.15) is 22.8 Å². The molecule has 2 N–H and O–H groups in total. The van der Waals surface area contributed by atoms with E-state index in [1.807, 2.05) is 14.0 Å². The third-order valence-electron chi connectivity index (χ3n) is 5.02. The second-order valence-corrected chi connectivity index (χ2v) is 6.90. The molecule has 1 fully saturated rings. The van der Waals surface area contributed by atoms with Crippen LogP contribution in [0.5, 0.6) is 0 Å². The third kappa shape index (κ3) is 3.62. The number of nitrogens with two attached hydrogens (primary N) is 1. The lowest BCUT2D eigenvalue weighted by atomic mass is 10.0. The summed E-state index contributed by atoms with van der Waals surface area (Å²) in [6.45, 7) is 3.20. The number of nitrogens with zero attached hydrogens (tertiary/aromatic N) is 3. The molecular formula is C19H21F3N4O2. The fourth-order valence-corrected chi connectivity index (χ4v) is 3.43. The second kappa shape index (κ2) is 7.31. The number of anilines is 1. The van der Waals surface area contributed by atoms with Crippen molar-refractivity contribution in [2.24, 2.45) is 5.73 Å². The van der Waals surface area contributed by atoms with Gasteiger partial charge in [0.05, 0.1) is 16.8 Å². The van der Waals surface area contributed by atoms with E-state index in [2.05, 4.69) is 4.90 Å². The number of primary amides is 1. The average molecular weight is 394 g/mol. The highest BCUT2D eigenvalue weighted by atomic mass is 19.4. The molecule has 28 heavy (non-hydrogen) atoms. The lowest BCUT2D eigenvalue weighted by molar-refractivity contribution is -0.138. The van der Waals surface area contributed by atoms with E-state index in [9.17, 15) is 22.8 Å². The summed E-state index contributed by atoms with van der Waals surface area (Å²) in [5.41, 5.74) is 2.89. The molecule has 1 atom stereocenters. The van der Waals surface area contributed by atoms with Gasteiger partial charge in [-0.25, -0.2) is 0 Å². The fraction of sp³-hybridized carbons (Fsp3) is 0.368. The molecule has 1 aliphatic heterocycles. The highest BCUT2D eigenvalue weighted by Gasteiger charge is 2.40. The molecule has 150 valence electrons. The maximum Gasteiger partial charge on any atom is 0.417 e. The Morgan fingerprint density at radius 3 is 2.36 bits per heavy atom. The monoisotopic (exact) mass is 394 g/mol. The minimum absolute atomic E-state index is 0.0170. The Bertz CT molecular complexity index is 941. The van der Waals surface area contributed by atoms with E-state index >= 15 is 0 Å². The number of likely N-dealkylation sites (N-methyl/N-ethyl adjacent to an activating group) is 1. The summed E-state index contributed by atoms with van der Waals surface area (Å²) in [6.07, 6.45) is -4.88. The highest BCUT2D eigenvalue weighted by Crippen LogP contribution is 2.36. The largest absolute Gasteiger partial charge is 0.417 e. The molecule has 0 spiro atoms. The van der Waals surface area contributed by atoms with Crippen molar-refractivity contribution in [3.8, 4) is 5.69 Å². The predicted octanol–water partition coefficient (Wildman–Crippen LogP) is 2.10. The topological polar surface area (TPSA) is 71.6 Å². The Morgan fingerprint density at radius 1 is 1.18 bits per heavy atom. The van der Waals surface area contributed by atoms with Gasteiger partial charge < -0.3 is 15.5 Å². The number of amides is 1. The molecule has 2 heterocycles. The van der Waals surface area contributed by atoms with Crippen molar-refractivity contribution in [1.29, 1.82) is 0 Å². The average Bonchev–Trinajstić information content (AvgIpc) is 2.62. The Kier molecular flexibility index (Phi) is 5.20. The van der Waals surface area contributed by atoms with E-state index in [4.69, 9.17) is 5.73 Å². The molecule has 6 nitrogen and oxygen atoms in total. The van der Waals surface area contributed by atoms with Crippen LogP contribution in [-0.2, 0) is 6.18 Å². The van der Waals surface area contributed by atoms with Crippen molar-refractivity contribution in [2.45, 2.75) is 19.1 Å². The first kappa shape index (κ1) is 19.9. The van der Waals surface area contributed by atoms with Gasteiger partial charge >= 0.3 is 6.18 Å². The zero-order valence-corrected chi connectivity index (χ0v) is 15.5. The van der Waals surface area contributed by atoms with Gasteiger partial charge in [0, 0.05) is 31.7 Å². The molecule has 0 aliphatic carbocycles. The predicted molar refractivity (Wildman–Crippen MR) is 99.9 cm³/mol. The SMILES string of the molecule is CC1CN(c2c(C(N)=O)c(C(F)(F)F)cc(=O)n2-c2ccccc2)CCN1C. The lowest BCUT2D eigenvalue weighted by Crippen LogP contribution is -2.52. The van der Waals surface area contributed by atoms with Crippen LogP contribution in [0.3, 0.4) is 0 Å². The summed E-state index contributed by atoms with van der Waals surface area (Å²) in [7, 11) is 1.91. The number of aromatic nitrogens is 1. The molecule has 1 unspecified atom stereocenters. The van der Waals surface area contributed by atoms with Gasteiger partial charge in [0.25, 0.3) is 11.5 Å². The number of benzene rings is 1. The molecule has 0 bridgehead atoms. The van der Waals surface area contributed by atoms with Gasteiger partial charge in [0.15, 0.2) is 0 Å². The second-order valence-electron chi connectivity index (χ2n) is 6.90. The van der Waals surface area contributed by atoms with Gasteiger partial charge in [-0.15, -0.1) is 0 Å². The molecule has 0 radical (unpaired) electrons. The first-order valence-electron chi connectivity index (χ1n) is 8.79. The van der Waals surface area contributed by atoms with Gasteiger partial charge in [-0.1, -0.05) is 18.2 Å². The van der Waals surface area contributed by atoms with Crippen LogP contribution in [0.4, 0.5) is 19.0 Å². The zero-order chi connectivity index (χ0) is 20.6. The Balaban J connectivity index is 2.36. The van der Waals surface area contributed by atoms with Crippen molar-refractivity contribution in [3.05, 3.63) is 57.9 Å². The molecule has 1 aromatic heterocycles. The number of para-hydroxylation sites is 1. The van der Waals surface area contributed by atoms with Gasteiger partial charge in [0.1, 0.15) is 5.82 Å². The third-order valence-corrected chi connectivity index (χ3v) is 5.02. The Morgan fingerprint density at radius 2 is 1.82 bits per heavy atom. The van der Waals surface area contributed by atoms with Gasteiger partial charge in [-0.3, -0.25) is 14.2 Å². The molecular weight excluding hydrogens is 373 g/mol. The number of carbonyl (C=O) groups is 1. The minimum atomic E-state index is -4.88. The summed E-state index contributed by atoms with van der Waals surface area (Å²) < 4.78 is 42.0. The normalized spacial score (nSPS) is 18.3. The van der Waals surface area contributed by atoms with Crippen molar-refractivity contribution >= 4 is 11.7 Å². The minimum Gasteiger partial charge on any atom is -0.365 e. The first-order valence-corrected chi connectivity index (χ1v) is 8.79. The summed E-state index contributed by atoms with van der Waals surface area (Å²) in [5, 5.41) is 0. The molecule has 9 heteroatoms. The summed E-state index contributed by atoms with van der Waals surface area (Å²) in [4.78, 5) is 28.6. The van der Waals surface area contributed by atoms with E-state index in [0.717, 1.165) is 4.57 Å². The maximum absolute atomic E-state index is 13.6. The van der Waals surface area contributed by atoms with Crippen LogP contribution in [0.15, 0.2) is 41.2 Å². The van der Waals surface area contributed by atoms with E-state index in [1.54, 1.807) is 35.2 Å². The van der Waals surface area contributed by atoms with Crippen LogP contribution >= 0.6 is 0 Å². The van der Waals surface area contributed by atoms with Crippen molar-refractivity contribution in [3.63, 3.8) is 0 Å². The van der Waals surface area contributed by atoms with Crippen molar-refractivity contribution in [2.75, 3.05) is 31.6 Å². The number of pyridine rings is 1. The molecule has 1 aromatic carbocycles. The van der Waals surface area contributed by atoms with Crippen LogP contribution < -0.4 is 16.2 Å². The van der Waals surface area contributed by atoms with Crippen LogP contribution in [0, 0.1) is 0 Å². The molecule has 1 amide bonds. The van der Waals surface area contributed by atoms with E-state index in [0.29, 0.717) is 31.4 Å². The summed E-state index contributed by atoms with van der Waals surface area (Å²) in [5.74, 6) is -1.34. The van der Waals surface area contributed by atoms with Crippen LogP contribution in [-0.4, -0.2) is 48.1 Å². The smallest absolute Gasteiger partial charge is 0.365 e. The van der Waals surface area contributed by atoms with Gasteiger partial charge in [-0.05, 0) is 26.1 Å². The standard InChI is InChI=1S/C19H21F3N4O2/c1-12-11-25(9-8-24(12)2)18-16(17(23)28)14(19(20,21)22)10-15(27)26(18)13-6-4-3-5-7-13/h3-7,10,12H,8-9,11H2,1-2H3,(H2,23,28). The Hall–Kier alpha value is -2.81. The first-order chi connectivity index (χ1) is 13.1. The Labute approximate surface area is 160 Å². The number of halogens is 3. The number of hydrogen-bond acceptors (Lipinski definition) is 4. The quantitative estimate of drug-likeness (QED) is 0.866. The van der Waals surface area contributed by atoms with Gasteiger partial charge in [-0.2, -0.15) is 13.2 Å². The highest BCUT2D eigenvalue weighted by molar-refractivity contribution is 6.00. The van der Waals surface area contributed by atoms with E-state index in [-0.39, 0.29) is 11.9 Å². The molecule has 3 rings (SSSR count). The molecule has 1 aliphatic rings. The van der Waals surface area contributed by atoms with Crippen LogP contribution in [0.25, 0.3) is 5.69 Å². The maximum atomic E-state index is 13.6. The number of alkyl halides is 3. The van der Waals surface area contributed by atoms with Crippen molar-refractivity contribution in [1.82, 2.24) is 9.47 Å². The molecule has 0 saturated carbocycles. The lowest BCUT2D eigenvalue weighted by Gasteiger charge is -2.40. The number of carbonyl (C=O) groups excluding carboxylic acids is 1. The fourth-order valence-electron chi connectivity index (χ4n) is 3.43. The zero-order valence-electron chi connectivity index (χ0n) is 15.5. The molecule has 1 saturated heterocycles. The van der Waals surface area contributed by atoms with E-state index < -0.39 is 28.8 Å². The molecule has 2 aromatic rings. The van der Waals surface area contributed by atoms with Gasteiger partial charge in [0.2, 0.25) is 0 Å². The number of piperazine rings is 1. The number of hydrogen-bond donors (Lipinski definition) is 1. The summed E-state index contributed by atoms with van der Waals surface area (Å²) >= 11 is 0. The summed E-state index contributed by atoms with van der Waals surface area (Å²) in [6, 6.07) is 8.72. The van der Waals surface area contributed by atoms with E-state index in [1.165, 1.54) is 0 Å².